The quantitative estimate of drug-likeness (QED) is 0.779. The van der Waals surface area contributed by atoms with Crippen molar-refractivity contribution in [1.29, 1.82) is 0 Å². The van der Waals surface area contributed by atoms with Crippen LogP contribution in [-0.2, 0) is 0 Å². The molecular weight excluding hydrogens is 232 g/mol. The minimum absolute atomic E-state index is 0.0160. The number of nitrogens with zero attached hydrogens (tertiary/aromatic N) is 3. The first kappa shape index (κ1) is 12.9. The molecule has 0 bridgehead atoms. The fraction of sp³-hybridized carbons (Fsp3) is 0.667. The van der Waals surface area contributed by atoms with Crippen molar-refractivity contribution in [3.63, 3.8) is 0 Å². The molecule has 1 aliphatic rings. The Bertz CT molecular complexity index is 407. The molecule has 1 aromatic heterocycles. The molecule has 0 saturated heterocycles. The van der Waals surface area contributed by atoms with Gasteiger partial charge < -0.3 is 20.5 Å². The number of ether oxygens (including phenoxy) is 1. The molecule has 1 aliphatic carbocycles. The van der Waals surface area contributed by atoms with Gasteiger partial charge in [-0.05, 0) is 26.7 Å². The van der Waals surface area contributed by atoms with Gasteiger partial charge in [0.05, 0.1) is 12.7 Å². The second-order valence-electron chi connectivity index (χ2n) is 4.73. The van der Waals surface area contributed by atoms with E-state index in [1.165, 1.54) is 6.33 Å². The Morgan fingerprint density at radius 1 is 1.50 bits per heavy atom. The summed E-state index contributed by atoms with van der Waals surface area (Å²) in [7, 11) is 0. The second-order valence-corrected chi connectivity index (χ2v) is 4.73. The van der Waals surface area contributed by atoms with Crippen LogP contribution in [0.5, 0.6) is 5.88 Å². The van der Waals surface area contributed by atoms with E-state index in [0.29, 0.717) is 30.0 Å². The van der Waals surface area contributed by atoms with E-state index in [4.69, 9.17) is 15.6 Å². The number of hydrogen-bond donors (Lipinski definition) is 2. The number of aliphatic hydroxyl groups is 1. The molecule has 0 unspecified atom stereocenters. The lowest BCUT2D eigenvalue weighted by atomic mass is 10.3. The van der Waals surface area contributed by atoms with Crippen molar-refractivity contribution in [2.75, 3.05) is 23.8 Å². The lowest BCUT2D eigenvalue weighted by Gasteiger charge is -2.24. The van der Waals surface area contributed by atoms with Gasteiger partial charge in [0, 0.05) is 12.6 Å². The van der Waals surface area contributed by atoms with Crippen LogP contribution in [-0.4, -0.2) is 40.4 Å². The molecule has 100 valence electrons. The number of nitrogen functional groups attached to an aromatic ring is 1. The molecule has 6 heteroatoms. The minimum Gasteiger partial charge on any atom is -0.473 e. The van der Waals surface area contributed by atoms with Crippen LogP contribution in [0.2, 0.25) is 0 Å². The fourth-order valence-electron chi connectivity index (χ4n) is 1.87. The van der Waals surface area contributed by atoms with Crippen LogP contribution >= 0.6 is 0 Å². The van der Waals surface area contributed by atoms with E-state index >= 15 is 0 Å². The molecule has 0 amide bonds. The van der Waals surface area contributed by atoms with E-state index < -0.39 is 0 Å². The first-order valence-corrected chi connectivity index (χ1v) is 6.28. The van der Waals surface area contributed by atoms with Crippen LogP contribution < -0.4 is 15.4 Å². The maximum atomic E-state index is 9.12. The molecule has 0 radical (unpaired) electrons. The smallest absolute Gasteiger partial charge is 0.242 e. The predicted molar refractivity (Wildman–Crippen MR) is 69.7 cm³/mol. The molecule has 18 heavy (non-hydrogen) atoms. The number of nitrogens with two attached hydrogens (primary N) is 1. The molecule has 2 rings (SSSR count). The predicted octanol–water partition coefficient (Wildman–Crippen LogP) is 0.807. The molecule has 6 nitrogen and oxygen atoms in total. The highest BCUT2D eigenvalue weighted by molar-refractivity contribution is 5.68. The molecule has 3 N–H and O–H groups in total. The van der Waals surface area contributed by atoms with Crippen molar-refractivity contribution >= 4 is 11.5 Å². The van der Waals surface area contributed by atoms with Crippen LogP contribution in [0.4, 0.5) is 11.5 Å². The monoisotopic (exact) mass is 252 g/mol. The van der Waals surface area contributed by atoms with Crippen molar-refractivity contribution in [2.24, 2.45) is 0 Å². The normalized spacial score (nSPS) is 14.9. The number of rotatable bonds is 6. The Kier molecular flexibility index (Phi) is 3.86. The summed E-state index contributed by atoms with van der Waals surface area (Å²) in [6.45, 7) is 4.47. The summed E-state index contributed by atoms with van der Waals surface area (Å²) in [5, 5.41) is 9.12. The summed E-state index contributed by atoms with van der Waals surface area (Å²) >= 11 is 0. The molecule has 0 aliphatic heterocycles. The molecule has 1 aromatic rings. The Morgan fingerprint density at radius 3 is 2.78 bits per heavy atom. The molecule has 0 atom stereocenters. The van der Waals surface area contributed by atoms with Crippen molar-refractivity contribution in [2.45, 2.75) is 38.8 Å². The highest BCUT2D eigenvalue weighted by Crippen LogP contribution is 2.35. The standard InChI is InChI=1S/C12H20N4O2/c1-8(2)18-12-10(13)11(14-7-15-12)16(5-6-17)9-3-4-9/h7-9,17H,3-6,13H2,1-2H3. The van der Waals surface area contributed by atoms with E-state index in [-0.39, 0.29) is 12.7 Å². The van der Waals surface area contributed by atoms with Gasteiger partial charge in [-0.3, -0.25) is 0 Å². The van der Waals surface area contributed by atoms with E-state index in [2.05, 4.69) is 9.97 Å². The molecule has 1 fully saturated rings. The minimum atomic E-state index is 0.0160. The van der Waals surface area contributed by atoms with Crippen molar-refractivity contribution in [3.05, 3.63) is 6.33 Å². The zero-order valence-corrected chi connectivity index (χ0v) is 10.8. The van der Waals surface area contributed by atoms with E-state index in [1.54, 1.807) is 0 Å². The van der Waals surface area contributed by atoms with Gasteiger partial charge in [-0.25, -0.2) is 4.98 Å². The van der Waals surface area contributed by atoms with Gasteiger partial charge in [0.1, 0.15) is 12.0 Å². The fourth-order valence-corrected chi connectivity index (χ4v) is 1.87. The molecule has 0 spiro atoms. The number of anilines is 2. The van der Waals surface area contributed by atoms with Crippen LogP contribution in [0, 0.1) is 0 Å². The van der Waals surface area contributed by atoms with Crippen molar-refractivity contribution < 1.29 is 9.84 Å². The molecule has 0 aromatic carbocycles. The van der Waals surface area contributed by atoms with Crippen LogP contribution in [0.25, 0.3) is 0 Å². The average molecular weight is 252 g/mol. The highest BCUT2D eigenvalue weighted by atomic mass is 16.5. The summed E-state index contributed by atoms with van der Waals surface area (Å²) in [4.78, 5) is 10.3. The van der Waals surface area contributed by atoms with E-state index in [1.807, 2.05) is 18.7 Å². The number of hydrogen-bond acceptors (Lipinski definition) is 6. The third kappa shape index (κ3) is 2.81. The van der Waals surface area contributed by atoms with Gasteiger partial charge in [-0.15, -0.1) is 0 Å². The van der Waals surface area contributed by atoms with E-state index in [0.717, 1.165) is 12.8 Å². The lowest BCUT2D eigenvalue weighted by molar-refractivity contribution is 0.233. The van der Waals surface area contributed by atoms with Crippen molar-refractivity contribution in [3.8, 4) is 5.88 Å². The van der Waals surface area contributed by atoms with Crippen molar-refractivity contribution in [1.82, 2.24) is 9.97 Å². The molecular formula is C12H20N4O2. The van der Waals surface area contributed by atoms with Gasteiger partial charge in [0.25, 0.3) is 0 Å². The summed E-state index contributed by atoms with van der Waals surface area (Å²) < 4.78 is 5.55. The van der Waals surface area contributed by atoms with E-state index in [9.17, 15) is 0 Å². The first-order chi connectivity index (χ1) is 8.63. The summed E-state index contributed by atoms with van der Waals surface area (Å²) in [6.07, 6.45) is 3.70. The SMILES string of the molecule is CC(C)Oc1ncnc(N(CCO)C2CC2)c1N. The third-order valence-electron chi connectivity index (χ3n) is 2.77. The summed E-state index contributed by atoms with van der Waals surface area (Å²) in [5.74, 6) is 1.08. The molecule has 1 saturated carbocycles. The summed E-state index contributed by atoms with van der Waals surface area (Å²) in [6, 6.07) is 0.432. The highest BCUT2D eigenvalue weighted by Gasteiger charge is 2.31. The van der Waals surface area contributed by atoms with Gasteiger partial charge in [-0.2, -0.15) is 4.98 Å². The second kappa shape index (κ2) is 5.39. The Morgan fingerprint density at radius 2 is 2.22 bits per heavy atom. The Balaban J connectivity index is 2.25. The Hall–Kier alpha value is -1.56. The zero-order valence-electron chi connectivity index (χ0n) is 10.8. The van der Waals surface area contributed by atoms with Crippen LogP contribution in [0.3, 0.4) is 0 Å². The topological polar surface area (TPSA) is 84.5 Å². The third-order valence-corrected chi connectivity index (χ3v) is 2.77. The zero-order chi connectivity index (χ0) is 13.1. The number of aromatic nitrogens is 2. The lowest BCUT2D eigenvalue weighted by Crippen LogP contribution is -2.30. The first-order valence-electron chi connectivity index (χ1n) is 6.28. The largest absolute Gasteiger partial charge is 0.473 e. The van der Waals surface area contributed by atoms with Gasteiger partial charge in [0.15, 0.2) is 5.82 Å². The number of aliphatic hydroxyl groups excluding tert-OH is 1. The van der Waals surface area contributed by atoms with Crippen LogP contribution in [0.15, 0.2) is 6.33 Å². The Labute approximate surface area is 107 Å². The maximum absolute atomic E-state index is 9.12. The molecule has 1 heterocycles. The van der Waals surface area contributed by atoms with Gasteiger partial charge in [-0.1, -0.05) is 0 Å². The maximum Gasteiger partial charge on any atom is 0.242 e. The summed E-state index contributed by atoms with van der Waals surface area (Å²) in [5.41, 5.74) is 6.51. The van der Waals surface area contributed by atoms with Gasteiger partial charge in [0.2, 0.25) is 5.88 Å². The average Bonchev–Trinajstić information content (AvgIpc) is 3.13. The van der Waals surface area contributed by atoms with Gasteiger partial charge >= 0.3 is 0 Å². The van der Waals surface area contributed by atoms with Crippen LogP contribution in [0.1, 0.15) is 26.7 Å².